The summed E-state index contributed by atoms with van der Waals surface area (Å²) in [5, 5.41) is 15.9. The van der Waals surface area contributed by atoms with Crippen LogP contribution in [0.1, 0.15) is 11.7 Å². The van der Waals surface area contributed by atoms with Gasteiger partial charge in [-0.3, -0.25) is 0 Å². The van der Waals surface area contributed by atoms with Crippen molar-refractivity contribution in [1.29, 1.82) is 0 Å². The summed E-state index contributed by atoms with van der Waals surface area (Å²) in [7, 11) is 1.58. The molecule has 2 rings (SSSR count). The number of ether oxygens (including phenoxy) is 1. The van der Waals surface area contributed by atoms with Gasteiger partial charge < -0.3 is 20.5 Å². The zero-order valence-electron chi connectivity index (χ0n) is 12.0. The van der Waals surface area contributed by atoms with E-state index in [-0.39, 0.29) is 6.54 Å². The van der Waals surface area contributed by atoms with Crippen LogP contribution in [0.2, 0.25) is 5.02 Å². The average molecular weight is 321 g/mol. The molecule has 22 heavy (non-hydrogen) atoms. The molecule has 1 unspecified atom stereocenters. The summed E-state index contributed by atoms with van der Waals surface area (Å²) < 4.78 is 5.04. The molecule has 6 heteroatoms. The predicted molar refractivity (Wildman–Crippen MR) is 86.4 cm³/mol. The number of aliphatic hydroxyl groups is 1. The molecule has 0 aliphatic carbocycles. The maximum atomic E-state index is 11.8. The molecule has 1 atom stereocenters. The molecule has 2 amide bonds. The second-order valence-corrected chi connectivity index (χ2v) is 5.07. The van der Waals surface area contributed by atoms with Gasteiger partial charge in [-0.2, -0.15) is 0 Å². The van der Waals surface area contributed by atoms with Gasteiger partial charge >= 0.3 is 6.03 Å². The number of benzene rings is 2. The number of amides is 2. The first-order chi connectivity index (χ1) is 10.6. The highest BCUT2D eigenvalue weighted by molar-refractivity contribution is 6.30. The maximum absolute atomic E-state index is 11.8. The van der Waals surface area contributed by atoms with Crippen LogP contribution in [0.15, 0.2) is 48.5 Å². The van der Waals surface area contributed by atoms with Crippen molar-refractivity contribution in [1.82, 2.24) is 5.32 Å². The normalized spacial score (nSPS) is 11.6. The minimum absolute atomic E-state index is 0.101. The monoisotopic (exact) mass is 320 g/mol. The standard InChI is InChI=1S/C16H17ClN2O3/c1-22-14-8-6-13(7-9-14)19-16(21)18-10-15(20)11-2-4-12(17)5-3-11/h2-9,15,20H,10H2,1H3,(H2,18,19,21). The van der Waals surface area contributed by atoms with Gasteiger partial charge in [0.15, 0.2) is 0 Å². The molecule has 0 aromatic heterocycles. The van der Waals surface area contributed by atoms with Crippen molar-refractivity contribution in [2.45, 2.75) is 6.10 Å². The van der Waals surface area contributed by atoms with E-state index in [0.29, 0.717) is 22.0 Å². The van der Waals surface area contributed by atoms with Crippen LogP contribution in [0.5, 0.6) is 5.75 Å². The van der Waals surface area contributed by atoms with Gasteiger partial charge in [0.25, 0.3) is 0 Å². The Morgan fingerprint density at radius 2 is 1.82 bits per heavy atom. The molecule has 5 nitrogen and oxygen atoms in total. The molecule has 0 fully saturated rings. The molecular formula is C16H17ClN2O3. The van der Waals surface area contributed by atoms with E-state index >= 15 is 0 Å². The van der Waals surface area contributed by atoms with Crippen LogP contribution in [0.25, 0.3) is 0 Å². The number of hydrogen-bond donors (Lipinski definition) is 3. The molecule has 2 aromatic carbocycles. The number of aliphatic hydroxyl groups excluding tert-OH is 1. The van der Waals surface area contributed by atoms with E-state index in [2.05, 4.69) is 10.6 Å². The molecule has 0 bridgehead atoms. The highest BCUT2D eigenvalue weighted by Crippen LogP contribution is 2.16. The van der Waals surface area contributed by atoms with Crippen LogP contribution >= 0.6 is 11.6 Å². The third-order valence-corrected chi connectivity index (χ3v) is 3.31. The first-order valence-electron chi connectivity index (χ1n) is 6.71. The number of anilines is 1. The minimum Gasteiger partial charge on any atom is -0.497 e. The quantitative estimate of drug-likeness (QED) is 0.792. The summed E-state index contributed by atoms with van der Waals surface area (Å²) in [5.41, 5.74) is 1.33. The first kappa shape index (κ1) is 16.1. The van der Waals surface area contributed by atoms with E-state index in [9.17, 15) is 9.90 Å². The molecular weight excluding hydrogens is 304 g/mol. The Balaban J connectivity index is 1.82. The number of nitrogens with one attached hydrogen (secondary N) is 2. The van der Waals surface area contributed by atoms with Crippen molar-refractivity contribution in [3.63, 3.8) is 0 Å². The lowest BCUT2D eigenvalue weighted by molar-refractivity contribution is 0.175. The fourth-order valence-corrected chi connectivity index (χ4v) is 1.97. The fraction of sp³-hybridized carbons (Fsp3) is 0.188. The van der Waals surface area contributed by atoms with Gasteiger partial charge in [0.2, 0.25) is 0 Å². The number of hydrogen-bond acceptors (Lipinski definition) is 3. The molecule has 0 aliphatic rings. The van der Waals surface area contributed by atoms with Crippen LogP contribution in [-0.2, 0) is 0 Å². The van der Waals surface area contributed by atoms with Crippen LogP contribution < -0.4 is 15.4 Å². The predicted octanol–water partition coefficient (Wildman–Crippen LogP) is 3.20. The van der Waals surface area contributed by atoms with E-state index in [4.69, 9.17) is 16.3 Å². The van der Waals surface area contributed by atoms with Gasteiger partial charge in [0, 0.05) is 17.3 Å². The van der Waals surface area contributed by atoms with Crippen LogP contribution in [0.4, 0.5) is 10.5 Å². The van der Waals surface area contributed by atoms with Crippen LogP contribution in [-0.4, -0.2) is 24.8 Å². The lowest BCUT2D eigenvalue weighted by Gasteiger charge is -2.13. The van der Waals surface area contributed by atoms with Crippen molar-refractivity contribution in [3.05, 3.63) is 59.1 Å². The number of carbonyl (C=O) groups is 1. The molecule has 0 saturated carbocycles. The maximum Gasteiger partial charge on any atom is 0.319 e. The second kappa shape index (κ2) is 7.68. The SMILES string of the molecule is COc1ccc(NC(=O)NCC(O)c2ccc(Cl)cc2)cc1. The molecule has 0 heterocycles. The third kappa shape index (κ3) is 4.65. The lowest BCUT2D eigenvalue weighted by Crippen LogP contribution is -2.32. The Labute approximate surface area is 133 Å². The van der Waals surface area contributed by atoms with Crippen molar-refractivity contribution < 1.29 is 14.6 Å². The molecule has 2 aromatic rings. The third-order valence-electron chi connectivity index (χ3n) is 3.06. The van der Waals surface area contributed by atoms with Crippen LogP contribution in [0.3, 0.4) is 0 Å². The molecule has 0 saturated heterocycles. The summed E-state index contributed by atoms with van der Waals surface area (Å²) >= 11 is 5.79. The summed E-state index contributed by atoms with van der Waals surface area (Å²) in [6.07, 6.45) is -0.793. The Bertz CT molecular complexity index is 614. The molecule has 0 aliphatic heterocycles. The van der Waals surface area contributed by atoms with Crippen molar-refractivity contribution >= 4 is 23.3 Å². The Morgan fingerprint density at radius 3 is 2.41 bits per heavy atom. The van der Waals surface area contributed by atoms with Crippen molar-refractivity contribution in [2.24, 2.45) is 0 Å². The highest BCUT2D eigenvalue weighted by atomic mass is 35.5. The Morgan fingerprint density at radius 1 is 1.18 bits per heavy atom. The highest BCUT2D eigenvalue weighted by Gasteiger charge is 2.09. The number of rotatable bonds is 5. The van der Waals surface area contributed by atoms with Gasteiger partial charge in [-0.1, -0.05) is 23.7 Å². The number of urea groups is 1. The largest absolute Gasteiger partial charge is 0.497 e. The van der Waals surface area contributed by atoms with E-state index in [1.54, 1.807) is 55.6 Å². The topological polar surface area (TPSA) is 70.6 Å². The van der Waals surface area contributed by atoms with E-state index < -0.39 is 12.1 Å². The second-order valence-electron chi connectivity index (χ2n) is 4.63. The zero-order chi connectivity index (χ0) is 15.9. The van der Waals surface area contributed by atoms with Gasteiger partial charge in [0.1, 0.15) is 5.75 Å². The van der Waals surface area contributed by atoms with Gasteiger partial charge in [-0.25, -0.2) is 4.79 Å². The van der Waals surface area contributed by atoms with E-state index in [1.165, 1.54) is 0 Å². The first-order valence-corrected chi connectivity index (χ1v) is 7.08. The molecule has 3 N–H and O–H groups in total. The van der Waals surface area contributed by atoms with Crippen molar-refractivity contribution in [2.75, 3.05) is 19.0 Å². The smallest absolute Gasteiger partial charge is 0.319 e. The minimum atomic E-state index is -0.793. The number of carbonyl (C=O) groups excluding carboxylic acids is 1. The van der Waals surface area contributed by atoms with Gasteiger partial charge in [0.05, 0.1) is 13.2 Å². The summed E-state index contributed by atoms with van der Waals surface area (Å²) in [6, 6.07) is 13.4. The van der Waals surface area contributed by atoms with E-state index in [0.717, 1.165) is 0 Å². The molecule has 0 radical (unpaired) electrons. The zero-order valence-corrected chi connectivity index (χ0v) is 12.8. The Hall–Kier alpha value is -2.24. The lowest BCUT2D eigenvalue weighted by atomic mass is 10.1. The van der Waals surface area contributed by atoms with Gasteiger partial charge in [-0.05, 0) is 42.0 Å². The fourth-order valence-electron chi connectivity index (χ4n) is 1.84. The number of halogens is 1. The summed E-state index contributed by atoms with van der Waals surface area (Å²) in [4.78, 5) is 11.8. The summed E-state index contributed by atoms with van der Waals surface area (Å²) in [5.74, 6) is 0.712. The summed E-state index contributed by atoms with van der Waals surface area (Å²) in [6.45, 7) is 0.101. The average Bonchev–Trinajstić information content (AvgIpc) is 2.54. The van der Waals surface area contributed by atoms with Crippen LogP contribution in [0, 0.1) is 0 Å². The van der Waals surface area contributed by atoms with Gasteiger partial charge in [-0.15, -0.1) is 0 Å². The Kier molecular flexibility index (Phi) is 5.63. The van der Waals surface area contributed by atoms with Crippen molar-refractivity contribution in [3.8, 4) is 5.75 Å². The molecule has 0 spiro atoms. The van der Waals surface area contributed by atoms with E-state index in [1.807, 2.05) is 0 Å². The molecule has 116 valence electrons. The number of methoxy groups -OCH3 is 1.